The van der Waals surface area contributed by atoms with Crippen LogP contribution in [0.15, 0.2) is 12.1 Å². The van der Waals surface area contributed by atoms with Crippen molar-refractivity contribution in [3.05, 3.63) is 23.1 Å². The number of nitrogens with zero attached hydrogens (tertiary/aromatic N) is 4. The fourth-order valence-electron chi connectivity index (χ4n) is 1.32. The molecule has 0 aliphatic heterocycles. The van der Waals surface area contributed by atoms with Gasteiger partial charge >= 0.3 is 6.18 Å². The van der Waals surface area contributed by atoms with Gasteiger partial charge in [0.05, 0.1) is 6.61 Å². The van der Waals surface area contributed by atoms with Crippen LogP contribution in [0.25, 0.3) is 5.65 Å². The van der Waals surface area contributed by atoms with E-state index >= 15 is 0 Å². The van der Waals surface area contributed by atoms with Gasteiger partial charge in [-0.05, 0) is 12.1 Å². The van der Waals surface area contributed by atoms with Crippen molar-refractivity contribution in [2.75, 3.05) is 13.2 Å². The van der Waals surface area contributed by atoms with Crippen LogP contribution in [0.5, 0.6) is 0 Å². The molecule has 0 aromatic carbocycles. The average Bonchev–Trinajstić information content (AvgIpc) is 2.66. The van der Waals surface area contributed by atoms with Gasteiger partial charge in [-0.25, -0.2) is 0 Å². The minimum Gasteiger partial charge on any atom is -0.372 e. The van der Waals surface area contributed by atoms with Crippen molar-refractivity contribution >= 4 is 17.2 Å². The van der Waals surface area contributed by atoms with Crippen LogP contribution in [0.3, 0.4) is 0 Å². The van der Waals surface area contributed by atoms with Gasteiger partial charge in [-0.1, -0.05) is 11.6 Å². The van der Waals surface area contributed by atoms with Crippen molar-refractivity contribution in [3.8, 4) is 0 Å². The zero-order chi connectivity index (χ0) is 13.2. The molecule has 0 saturated carbocycles. The average molecular weight is 281 g/mol. The number of rotatable bonds is 4. The van der Waals surface area contributed by atoms with E-state index in [-0.39, 0.29) is 18.2 Å². The maximum atomic E-state index is 11.8. The standard InChI is InChI=1S/C9H8ClF3N4O/c10-6-1-2-7-14-15-8(17(7)16-6)3-4-18-5-9(11,12)13/h1-2H,3-5H2. The lowest BCUT2D eigenvalue weighted by Crippen LogP contribution is -2.18. The fourth-order valence-corrected chi connectivity index (χ4v) is 1.46. The van der Waals surface area contributed by atoms with Crippen LogP contribution in [-0.2, 0) is 11.2 Å². The Kier molecular flexibility index (Phi) is 3.67. The molecule has 0 unspecified atom stereocenters. The summed E-state index contributed by atoms with van der Waals surface area (Å²) < 4.78 is 41.4. The van der Waals surface area contributed by atoms with Gasteiger partial charge in [0.15, 0.2) is 11.5 Å². The number of alkyl halides is 3. The molecular formula is C9H8ClF3N4O. The zero-order valence-corrected chi connectivity index (χ0v) is 9.74. The molecule has 0 saturated heterocycles. The minimum absolute atomic E-state index is 0.117. The SMILES string of the molecule is FC(F)(F)COCCc1nnc2ccc(Cl)nn12. The normalized spacial score (nSPS) is 12.2. The first-order valence-corrected chi connectivity index (χ1v) is 5.35. The molecule has 0 atom stereocenters. The topological polar surface area (TPSA) is 52.3 Å². The lowest BCUT2D eigenvalue weighted by molar-refractivity contribution is -0.173. The van der Waals surface area contributed by atoms with Crippen molar-refractivity contribution in [1.82, 2.24) is 19.8 Å². The van der Waals surface area contributed by atoms with Crippen LogP contribution in [0.4, 0.5) is 13.2 Å². The second kappa shape index (κ2) is 5.07. The van der Waals surface area contributed by atoms with Crippen LogP contribution < -0.4 is 0 Å². The van der Waals surface area contributed by atoms with Gasteiger partial charge in [-0.2, -0.15) is 22.8 Å². The van der Waals surface area contributed by atoms with Crippen LogP contribution in [0.2, 0.25) is 5.15 Å². The molecule has 5 nitrogen and oxygen atoms in total. The summed E-state index contributed by atoms with van der Waals surface area (Å²) in [5.41, 5.74) is 0.477. The van der Waals surface area contributed by atoms with E-state index in [1.165, 1.54) is 4.52 Å². The number of ether oxygens (including phenoxy) is 1. The van der Waals surface area contributed by atoms with E-state index in [1.54, 1.807) is 12.1 Å². The second-order valence-electron chi connectivity index (χ2n) is 3.46. The Hall–Kier alpha value is -1.41. The highest BCUT2D eigenvalue weighted by molar-refractivity contribution is 6.29. The fraction of sp³-hybridized carbons (Fsp3) is 0.444. The summed E-state index contributed by atoms with van der Waals surface area (Å²) in [7, 11) is 0. The summed E-state index contributed by atoms with van der Waals surface area (Å²) in [5.74, 6) is 0.398. The lowest BCUT2D eigenvalue weighted by Gasteiger charge is -2.06. The molecule has 0 N–H and O–H groups in total. The molecule has 2 aromatic heterocycles. The Morgan fingerprint density at radius 1 is 1.28 bits per heavy atom. The summed E-state index contributed by atoms with van der Waals surface area (Å²) in [6.07, 6.45) is -4.15. The number of fused-ring (bicyclic) bond motifs is 1. The van der Waals surface area contributed by atoms with E-state index < -0.39 is 12.8 Å². The van der Waals surface area contributed by atoms with Crippen molar-refractivity contribution in [2.24, 2.45) is 0 Å². The zero-order valence-electron chi connectivity index (χ0n) is 8.98. The third kappa shape index (κ3) is 3.30. The minimum atomic E-state index is -4.32. The first-order chi connectivity index (χ1) is 8.46. The smallest absolute Gasteiger partial charge is 0.372 e. The van der Waals surface area contributed by atoms with E-state index in [4.69, 9.17) is 11.6 Å². The molecule has 0 aliphatic rings. The quantitative estimate of drug-likeness (QED) is 0.803. The molecule has 18 heavy (non-hydrogen) atoms. The van der Waals surface area contributed by atoms with Crippen molar-refractivity contribution in [3.63, 3.8) is 0 Å². The molecule has 0 amide bonds. The van der Waals surface area contributed by atoms with Gasteiger partial charge in [0.2, 0.25) is 0 Å². The molecule has 98 valence electrons. The third-order valence-electron chi connectivity index (χ3n) is 2.03. The highest BCUT2D eigenvalue weighted by Crippen LogP contribution is 2.14. The van der Waals surface area contributed by atoms with E-state index in [0.717, 1.165) is 0 Å². The number of hydrogen-bond donors (Lipinski definition) is 0. The van der Waals surface area contributed by atoms with E-state index in [9.17, 15) is 13.2 Å². The van der Waals surface area contributed by atoms with E-state index in [1.807, 2.05) is 0 Å². The summed E-state index contributed by atoms with van der Waals surface area (Å²) >= 11 is 5.70. The first-order valence-electron chi connectivity index (χ1n) is 4.97. The predicted octanol–water partition coefficient (Wildman–Crippen LogP) is 1.90. The highest BCUT2D eigenvalue weighted by atomic mass is 35.5. The van der Waals surface area contributed by atoms with Crippen molar-refractivity contribution < 1.29 is 17.9 Å². The third-order valence-corrected chi connectivity index (χ3v) is 2.23. The van der Waals surface area contributed by atoms with Gasteiger partial charge < -0.3 is 4.74 Å². The molecule has 0 radical (unpaired) electrons. The summed E-state index contributed by atoms with van der Waals surface area (Å²) in [4.78, 5) is 0. The maximum absolute atomic E-state index is 11.8. The molecule has 0 aliphatic carbocycles. The molecule has 0 fully saturated rings. The van der Waals surface area contributed by atoms with Crippen molar-refractivity contribution in [1.29, 1.82) is 0 Å². The first kappa shape index (κ1) is 13.0. The Morgan fingerprint density at radius 2 is 2.06 bits per heavy atom. The predicted molar refractivity (Wildman–Crippen MR) is 56.4 cm³/mol. The van der Waals surface area contributed by atoms with E-state index in [0.29, 0.717) is 11.5 Å². The molecule has 9 heteroatoms. The summed E-state index contributed by atoms with van der Waals surface area (Å²) in [5, 5.41) is 11.8. The van der Waals surface area contributed by atoms with Crippen LogP contribution in [0, 0.1) is 0 Å². The Morgan fingerprint density at radius 3 is 2.78 bits per heavy atom. The second-order valence-corrected chi connectivity index (χ2v) is 3.85. The summed E-state index contributed by atoms with van der Waals surface area (Å²) in [6, 6.07) is 3.16. The molecule has 2 rings (SSSR count). The van der Waals surface area contributed by atoms with Crippen molar-refractivity contribution in [2.45, 2.75) is 12.6 Å². The number of hydrogen-bond acceptors (Lipinski definition) is 4. The molecule has 0 spiro atoms. The number of halogens is 4. The molecular weight excluding hydrogens is 273 g/mol. The van der Waals surface area contributed by atoms with Crippen LogP contribution in [0.1, 0.15) is 5.82 Å². The Balaban J connectivity index is 1.98. The van der Waals surface area contributed by atoms with Crippen LogP contribution in [-0.4, -0.2) is 39.2 Å². The molecule has 2 heterocycles. The Bertz CT molecular complexity index is 542. The van der Waals surface area contributed by atoms with Gasteiger partial charge in [0, 0.05) is 6.42 Å². The van der Waals surface area contributed by atoms with Gasteiger partial charge in [0.1, 0.15) is 11.8 Å². The van der Waals surface area contributed by atoms with Crippen LogP contribution >= 0.6 is 11.6 Å². The van der Waals surface area contributed by atoms with Gasteiger partial charge in [-0.3, -0.25) is 0 Å². The maximum Gasteiger partial charge on any atom is 0.411 e. The van der Waals surface area contributed by atoms with E-state index in [2.05, 4.69) is 20.0 Å². The monoisotopic (exact) mass is 280 g/mol. The largest absolute Gasteiger partial charge is 0.411 e. The summed E-state index contributed by atoms with van der Waals surface area (Å²) in [6.45, 7) is -1.40. The Labute approximate surface area is 105 Å². The molecule has 2 aromatic rings. The number of aromatic nitrogens is 4. The molecule has 0 bridgehead atoms. The van der Waals surface area contributed by atoms with Gasteiger partial charge in [0.25, 0.3) is 0 Å². The highest BCUT2D eigenvalue weighted by Gasteiger charge is 2.27. The van der Waals surface area contributed by atoms with Gasteiger partial charge in [-0.15, -0.1) is 10.2 Å². The lowest BCUT2D eigenvalue weighted by atomic mass is 10.4.